The molecule has 0 aromatic carbocycles. The van der Waals surface area contributed by atoms with Gasteiger partial charge < -0.3 is 0 Å². The number of hydrogen-bond donors (Lipinski definition) is 0. The second-order valence-electron chi connectivity index (χ2n) is 5.88. The Hall–Kier alpha value is -0.0200. The SMILES string of the molecule is CC(C)(C)C1=CC=C(C(C)(C)C)S(=O)S1. The molecule has 0 spiro atoms. The lowest BCUT2D eigenvalue weighted by molar-refractivity contribution is 0.523. The van der Waals surface area contributed by atoms with Crippen LogP contribution in [0.4, 0.5) is 0 Å². The van der Waals surface area contributed by atoms with Crippen LogP contribution in [0, 0.1) is 10.8 Å². The van der Waals surface area contributed by atoms with E-state index in [9.17, 15) is 4.21 Å². The first-order valence-corrected chi connectivity index (χ1v) is 7.64. The highest BCUT2D eigenvalue weighted by molar-refractivity contribution is 8.72. The minimum absolute atomic E-state index is 0.00221. The zero-order chi connectivity index (χ0) is 11.9. The van der Waals surface area contributed by atoms with Crippen molar-refractivity contribution in [3.05, 3.63) is 22.0 Å². The van der Waals surface area contributed by atoms with Crippen LogP contribution >= 0.6 is 10.8 Å². The molecule has 86 valence electrons. The van der Waals surface area contributed by atoms with Crippen LogP contribution in [-0.2, 0) is 9.83 Å². The summed E-state index contributed by atoms with van der Waals surface area (Å²) in [6.45, 7) is 12.8. The molecule has 1 aliphatic heterocycles. The van der Waals surface area contributed by atoms with Crippen LogP contribution in [0.1, 0.15) is 41.5 Å². The number of rotatable bonds is 0. The van der Waals surface area contributed by atoms with Gasteiger partial charge in [-0.25, -0.2) is 4.21 Å². The Bertz CT molecular complexity index is 338. The summed E-state index contributed by atoms with van der Waals surface area (Å²) < 4.78 is 12.1. The summed E-state index contributed by atoms with van der Waals surface area (Å²) in [4.78, 5) is 2.23. The van der Waals surface area contributed by atoms with Crippen LogP contribution in [0.25, 0.3) is 0 Å². The van der Waals surface area contributed by atoms with Crippen molar-refractivity contribution >= 4 is 20.6 Å². The van der Waals surface area contributed by atoms with Gasteiger partial charge in [-0.05, 0) is 27.7 Å². The molecule has 0 fully saturated rings. The molecule has 0 saturated carbocycles. The summed E-state index contributed by atoms with van der Waals surface area (Å²) in [6.07, 6.45) is 4.15. The van der Waals surface area contributed by atoms with Crippen molar-refractivity contribution in [1.82, 2.24) is 0 Å². The average Bonchev–Trinajstić information content (AvgIpc) is 1.99. The molecular weight excluding hydrogens is 224 g/mol. The molecular formula is C12H20OS2. The van der Waals surface area contributed by atoms with Crippen molar-refractivity contribution in [3.63, 3.8) is 0 Å². The molecule has 0 bridgehead atoms. The molecule has 1 unspecified atom stereocenters. The van der Waals surface area contributed by atoms with Crippen LogP contribution in [0.5, 0.6) is 0 Å². The fourth-order valence-electron chi connectivity index (χ4n) is 1.24. The van der Waals surface area contributed by atoms with Crippen molar-refractivity contribution in [3.8, 4) is 0 Å². The van der Waals surface area contributed by atoms with E-state index >= 15 is 0 Å². The molecule has 15 heavy (non-hydrogen) atoms. The molecule has 0 aromatic rings. The van der Waals surface area contributed by atoms with E-state index in [1.165, 1.54) is 15.7 Å². The zero-order valence-corrected chi connectivity index (χ0v) is 12.0. The molecule has 0 aliphatic carbocycles. The predicted octanol–water partition coefficient (Wildman–Crippen LogP) is 4.26. The van der Waals surface area contributed by atoms with Gasteiger partial charge in [-0.15, -0.1) is 0 Å². The van der Waals surface area contributed by atoms with E-state index in [4.69, 9.17) is 0 Å². The molecule has 1 heterocycles. The Labute approximate surface area is 99.3 Å². The fraction of sp³-hybridized carbons (Fsp3) is 0.667. The van der Waals surface area contributed by atoms with Crippen LogP contribution in [0.2, 0.25) is 0 Å². The van der Waals surface area contributed by atoms with Crippen molar-refractivity contribution in [2.75, 3.05) is 0 Å². The highest BCUT2D eigenvalue weighted by Gasteiger charge is 2.29. The summed E-state index contributed by atoms with van der Waals surface area (Å²) in [5, 5.41) is 0. The average molecular weight is 244 g/mol. The van der Waals surface area contributed by atoms with Crippen LogP contribution < -0.4 is 0 Å². The van der Waals surface area contributed by atoms with E-state index in [0.29, 0.717) is 0 Å². The second-order valence-corrected chi connectivity index (χ2v) is 8.80. The minimum Gasteiger partial charge on any atom is -0.243 e. The Balaban J connectivity index is 3.05. The van der Waals surface area contributed by atoms with Gasteiger partial charge in [-0.3, -0.25) is 0 Å². The molecule has 1 aliphatic rings. The predicted molar refractivity (Wildman–Crippen MR) is 70.8 cm³/mol. The molecule has 0 saturated heterocycles. The molecule has 0 N–H and O–H groups in total. The summed E-state index contributed by atoms with van der Waals surface area (Å²) in [6, 6.07) is 0. The lowest BCUT2D eigenvalue weighted by Gasteiger charge is -2.28. The first-order chi connectivity index (χ1) is 6.62. The van der Waals surface area contributed by atoms with E-state index in [1.807, 2.05) is 6.08 Å². The van der Waals surface area contributed by atoms with E-state index in [0.717, 1.165) is 4.91 Å². The Morgan fingerprint density at radius 2 is 1.53 bits per heavy atom. The molecule has 1 nitrogen and oxygen atoms in total. The smallest absolute Gasteiger partial charge is 0.114 e. The highest BCUT2D eigenvalue weighted by atomic mass is 33.1. The van der Waals surface area contributed by atoms with Crippen LogP contribution in [0.15, 0.2) is 22.0 Å². The summed E-state index contributed by atoms with van der Waals surface area (Å²) in [5.74, 6) is 0. The summed E-state index contributed by atoms with van der Waals surface area (Å²) >= 11 is 0. The highest BCUT2D eigenvalue weighted by Crippen LogP contribution is 2.44. The first kappa shape index (κ1) is 13.0. The lowest BCUT2D eigenvalue weighted by Crippen LogP contribution is -2.17. The van der Waals surface area contributed by atoms with Gasteiger partial charge in [0.1, 0.15) is 9.83 Å². The number of allylic oxidation sites excluding steroid dienone is 4. The molecule has 1 atom stereocenters. The minimum atomic E-state index is -0.915. The Kier molecular flexibility index (Phi) is 3.56. The van der Waals surface area contributed by atoms with Gasteiger partial charge in [0.15, 0.2) is 0 Å². The largest absolute Gasteiger partial charge is 0.243 e. The third-order valence-electron chi connectivity index (χ3n) is 2.21. The Morgan fingerprint density at radius 1 is 1.00 bits per heavy atom. The summed E-state index contributed by atoms with van der Waals surface area (Å²) in [7, 11) is 0.579. The summed E-state index contributed by atoms with van der Waals surface area (Å²) in [5.41, 5.74) is 0.0953. The first-order valence-electron chi connectivity index (χ1n) is 5.15. The van der Waals surface area contributed by atoms with Crippen molar-refractivity contribution < 1.29 is 4.21 Å². The van der Waals surface area contributed by atoms with Gasteiger partial charge in [0.05, 0.1) is 0 Å². The van der Waals surface area contributed by atoms with Crippen molar-refractivity contribution in [2.24, 2.45) is 10.8 Å². The fourth-order valence-corrected chi connectivity index (χ4v) is 5.13. The molecule has 1 rings (SSSR count). The zero-order valence-electron chi connectivity index (χ0n) is 10.4. The monoisotopic (exact) mass is 244 g/mol. The number of hydrogen-bond acceptors (Lipinski definition) is 2. The Morgan fingerprint density at radius 3 is 1.87 bits per heavy atom. The molecule has 0 amide bonds. The van der Waals surface area contributed by atoms with Gasteiger partial charge in [-0.1, -0.05) is 47.6 Å². The van der Waals surface area contributed by atoms with Crippen molar-refractivity contribution in [1.29, 1.82) is 0 Å². The van der Waals surface area contributed by atoms with Crippen LogP contribution in [-0.4, -0.2) is 4.21 Å². The van der Waals surface area contributed by atoms with Gasteiger partial charge in [0.25, 0.3) is 0 Å². The van der Waals surface area contributed by atoms with Crippen LogP contribution in [0.3, 0.4) is 0 Å². The maximum Gasteiger partial charge on any atom is 0.114 e. The van der Waals surface area contributed by atoms with E-state index < -0.39 is 9.83 Å². The van der Waals surface area contributed by atoms with Gasteiger partial charge in [0, 0.05) is 9.81 Å². The maximum atomic E-state index is 12.1. The van der Waals surface area contributed by atoms with Gasteiger partial charge >= 0.3 is 0 Å². The van der Waals surface area contributed by atoms with E-state index in [1.54, 1.807) is 0 Å². The van der Waals surface area contributed by atoms with E-state index in [2.05, 4.69) is 47.6 Å². The standard InChI is InChI=1S/C12H20OS2/c1-11(2,3)9-7-8-10(12(4,5)6)15(13)14-9/h7-8H,1-6H3. The van der Waals surface area contributed by atoms with Gasteiger partial charge in [0.2, 0.25) is 0 Å². The lowest BCUT2D eigenvalue weighted by atomic mass is 9.93. The maximum absolute atomic E-state index is 12.1. The normalized spacial score (nSPS) is 23.5. The third-order valence-corrected chi connectivity index (χ3v) is 5.93. The molecule has 3 heteroatoms. The second kappa shape index (κ2) is 4.10. The molecule has 0 radical (unpaired) electrons. The van der Waals surface area contributed by atoms with Crippen molar-refractivity contribution in [2.45, 2.75) is 41.5 Å². The topological polar surface area (TPSA) is 17.1 Å². The third kappa shape index (κ3) is 3.22. The van der Waals surface area contributed by atoms with E-state index in [-0.39, 0.29) is 10.8 Å². The quantitative estimate of drug-likeness (QED) is 0.592. The van der Waals surface area contributed by atoms with Gasteiger partial charge in [-0.2, -0.15) is 0 Å². The molecule has 0 aromatic heterocycles.